The molecule has 0 aromatic heterocycles. The number of aliphatic imine (C=N–C) groups is 2. The Bertz CT molecular complexity index is 447. The monoisotopic (exact) mass is 183 g/mol. The predicted molar refractivity (Wildman–Crippen MR) is 56.8 cm³/mol. The van der Waals surface area contributed by atoms with Crippen molar-refractivity contribution in [3.63, 3.8) is 0 Å². The van der Waals surface area contributed by atoms with Crippen LogP contribution in [0.5, 0.6) is 0 Å². The Morgan fingerprint density at radius 2 is 2.36 bits per heavy atom. The number of allylic oxidation sites excluding steroid dienone is 4. The second-order valence-corrected chi connectivity index (χ2v) is 3.22. The first-order chi connectivity index (χ1) is 6.95. The zero-order chi connectivity index (χ0) is 9.38. The van der Waals surface area contributed by atoms with Gasteiger partial charge in [0.25, 0.3) is 0 Å². The third-order valence-electron chi connectivity index (χ3n) is 2.34. The van der Waals surface area contributed by atoms with Crippen LogP contribution in [0, 0.1) is 0 Å². The van der Waals surface area contributed by atoms with Gasteiger partial charge in [-0.25, -0.2) is 4.99 Å². The maximum absolute atomic E-state index is 4.35. The molecular weight excluding hydrogens is 174 g/mol. The second-order valence-electron chi connectivity index (χ2n) is 3.22. The summed E-state index contributed by atoms with van der Waals surface area (Å²) in [6.45, 7) is 0. The topological polar surface area (TPSA) is 28.0 Å². The van der Waals surface area contributed by atoms with Gasteiger partial charge >= 0.3 is 0 Å². The van der Waals surface area contributed by atoms with Crippen LogP contribution in [0.25, 0.3) is 0 Å². The average Bonchev–Trinajstić information content (AvgIpc) is 2.29. The molecule has 0 amide bonds. The quantitative estimate of drug-likeness (QED) is 0.564. The number of fused-ring (bicyclic) bond motifs is 3. The first-order valence-electron chi connectivity index (χ1n) is 4.60. The highest BCUT2D eigenvalue weighted by Crippen LogP contribution is 2.25. The van der Waals surface area contributed by atoms with E-state index in [1.807, 2.05) is 12.3 Å². The molecule has 3 rings (SSSR count). The van der Waals surface area contributed by atoms with E-state index in [0.717, 1.165) is 23.7 Å². The third-order valence-corrected chi connectivity index (χ3v) is 2.34. The van der Waals surface area contributed by atoms with Gasteiger partial charge in [-0.1, -0.05) is 12.2 Å². The van der Waals surface area contributed by atoms with Crippen molar-refractivity contribution in [3.8, 4) is 0 Å². The largest absolute Gasteiger partial charge is 0.299 e. The minimum Gasteiger partial charge on any atom is -0.299 e. The third kappa shape index (κ3) is 0.988. The lowest BCUT2D eigenvalue weighted by Crippen LogP contribution is -2.26. The summed E-state index contributed by atoms with van der Waals surface area (Å²) in [5.41, 5.74) is 2.15. The van der Waals surface area contributed by atoms with Crippen molar-refractivity contribution in [2.45, 2.75) is 6.42 Å². The molecule has 0 saturated heterocycles. The average molecular weight is 183 g/mol. The molecule has 3 heteroatoms. The molecule has 0 spiro atoms. The fourth-order valence-electron chi connectivity index (χ4n) is 1.69. The Morgan fingerprint density at radius 1 is 1.36 bits per heavy atom. The molecule has 68 valence electrons. The van der Waals surface area contributed by atoms with Crippen LogP contribution in [0.3, 0.4) is 0 Å². The van der Waals surface area contributed by atoms with Crippen molar-refractivity contribution < 1.29 is 0 Å². The van der Waals surface area contributed by atoms with E-state index >= 15 is 0 Å². The SMILES string of the molecule is C1=CN2C(=CN=C3C=CCC=C32)N=C1. The van der Waals surface area contributed by atoms with Crippen molar-refractivity contribution in [2.75, 3.05) is 0 Å². The lowest BCUT2D eigenvalue weighted by molar-refractivity contribution is 0.579. The van der Waals surface area contributed by atoms with Gasteiger partial charge in [-0.3, -0.25) is 9.89 Å². The van der Waals surface area contributed by atoms with Gasteiger partial charge in [0.1, 0.15) is 0 Å². The van der Waals surface area contributed by atoms with Gasteiger partial charge in [0.2, 0.25) is 0 Å². The highest BCUT2D eigenvalue weighted by molar-refractivity contribution is 6.10. The van der Waals surface area contributed by atoms with Crippen LogP contribution in [0.4, 0.5) is 0 Å². The Balaban J connectivity index is 2.12. The van der Waals surface area contributed by atoms with Gasteiger partial charge in [-0.05, 0) is 18.6 Å². The van der Waals surface area contributed by atoms with E-state index in [0.29, 0.717) is 0 Å². The molecule has 0 bridgehead atoms. The lowest BCUT2D eigenvalue weighted by Gasteiger charge is -2.28. The fraction of sp³-hybridized carbons (Fsp3) is 0.0909. The first kappa shape index (κ1) is 7.50. The number of hydrogen-bond acceptors (Lipinski definition) is 3. The van der Waals surface area contributed by atoms with Crippen LogP contribution in [0.15, 0.2) is 58.2 Å². The van der Waals surface area contributed by atoms with Crippen LogP contribution in [0.1, 0.15) is 6.42 Å². The van der Waals surface area contributed by atoms with Crippen molar-refractivity contribution in [3.05, 3.63) is 48.2 Å². The summed E-state index contributed by atoms with van der Waals surface area (Å²) in [5, 5.41) is 0. The van der Waals surface area contributed by atoms with E-state index in [9.17, 15) is 0 Å². The van der Waals surface area contributed by atoms with Crippen LogP contribution in [-0.4, -0.2) is 16.8 Å². The van der Waals surface area contributed by atoms with Crippen molar-refractivity contribution >= 4 is 11.9 Å². The first-order valence-corrected chi connectivity index (χ1v) is 4.60. The van der Waals surface area contributed by atoms with Gasteiger partial charge in [-0.15, -0.1) is 0 Å². The summed E-state index contributed by atoms with van der Waals surface area (Å²) < 4.78 is 0. The molecule has 0 N–H and O–H groups in total. The van der Waals surface area contributed by atoms with Crippen molar-refractivity contribution in [1.29, 1.82) is 0 Å². The molecule has 0 radical (unpaired) electrons. The van der Waals surface area contributed by atoms with Crippen molar-refractivity contribution in [2.24, 2.45) is 9.98 Å². The normalized spacial score (nSPS) is 22.3. The molecule has 2 aliphatic heterocycles. The summed E-state index contributed by atoms with van der Waals surface area (Å²) in [6, 6.07) is 0. The zero-order valence-corrected chi connectivity index (χ0v) is 7.59. The predicted octanol–water partition coefficient (Wildman–Crippen LogP) is 1.98. The molecule has 0 aromatic rings. The summed E-state index contributed by atoms with van der Waals surface area (Å²) in [5.74, 6) is 0.887. The van der Waals surface area contributed by atoms with Gasteiger partial charge in [-0.2, -0.15) is 0 Å². The maximum Gasteiger partial charge on any atom is 0.155 e. The van der Waals surface area contributed by atoms with Crippen LogP contribution in [-0.2, 0) is 0 Å². The minimum atomic E-state index is 0.887. The molecule has 1 aliphatic carbocycles. The summed E-state index contributed by atoms with van der Waals surface area (Å²) in [4.78, 5) is 10.7. The molecule has 3 aliphatic rings. The Morgan fingerprint density at radius 3 is 3.36 bits per heavy atom. The minimum absolute atomic E-state index is 0.887. The maximum atomic E-state index is 4.35. The van der Waals surface area contributed by atoms with E-state index in [1.165, 1.54) is 0 Å². The van der Waals surface area contributed by atoms with Gasteiger partial charge in [0.05, 0.1) is 17.6 Å². The van der Waals surface area contributed by atoms with Crippen LogP contribution < -0.4 is 0 Å². The molecule has 0 atom stereocenters. The highest BCUT2D eigenvalue weighted by Gasteiger charge is 2.21. The standard InChI is InChI=1S/C11H9N3/c1-2-5-10-9(4-1)13-8-11-12-6-3-7-14(10)11/h1,3-8H,2H2. The zero-order valence-electron chi connectivity index (χ0n) is 7.59. The number of nitrogens with zero attached hydrogens (tertiary/aromatic N) is 3. The molecule has 2 heterocycles. The number of hydrogen-bond donors (Lipinski definition) is 0. The molecule has 0 unspecified atom stereocenters. The fourth-order valence-corrected chi connectivity index (χ4v) is 1.69. The lowest BCUT2D eigenvalue weighted by atomic mass is 10.1. The summed E-state index contributed by atoms with van der Waals surface area (Å²) in [7, 11) is 0. The molecule has 0 aromatic carbocycles. The van der Waals surface area contributed by atoms with E-state index in [4.69, 9.17) is 0 Å². The summed E-state index contributed by atoms with van der Waals surface area (Å²) in [6.07, 6.45) is 14.8. The van der Waals surface area contributed by atoms with Gasteiger partial charge < -0.3 is 0 Å². The molecule has 0 saturated carbocycles. The van der Waals surface area contributed by atoms with E-state index in [2.05, 4.69) is 33.1 Å². The van der Waals surface area contributed by atoms with Crippen molar-refractivity contribution in [1.82, 2.24) is 4.90 Å². The van der Waals surface area contributed by atoms with Crippen LogP contribution in [0.2, 0.25) is 0 Å². The second kappa shape index (κ2) is 2.80. The number of rotatable bonds is 0. The Labute approximate surface area is 82.2 Å². The Kier molecular flexibility index (Phi) is 1.50. The summed E-state index contributed by atoms with van der Waals surface area (Å²) >= 11 is 0. The van der Waals surface area contributed by atoms with Crippen LogP contribution >= 0.6 is 0 Å². The van der Waals surface area contributed by atoms with Gasteiger partial charge in [0, 0.05) is 12.4 Å². The van der Waals surface area contributed by atoms with E-state index < -0.39 is 0 Å². The molecular formula is C11H9N3. The molecule has 14 heavy (non-hydrogen) atoms. The Hall–Kier alpha value is -1.90. The molecule has 3 nitrogen and oxygen atoms in total. The van der Waals surface area contributed by atoms with E-state index in [1.54, 1.807) is 12.4 Å². The smallest absolute Gasteiger partial charge is 0.155 e. The highest BCUT2D eigenvalue weighted by atomic mass is 15.2. The van der Waals surface area contributed by atoms with Gasteiger partial charge in [0.15, 0.2) is 5.82 Å². The molecule has 0 fully saturated rings. The van der Waals surface area contributed by atoms with E-state index in [-0.39, 0.29) is 0 Å².